The zero-order valence-electron chi connectivity index (χ0n) is 5.73. The maximum Gasteiger partial charge on any atom is 2.00 e. The summed E-state index contributed by atoms with van der Waals surface area (Å²) in [6.07, 6.45) is 0. The summed E-state index contributed by atoms with van der Waals surface area (Å²) in [6.45, 7) is 0. The van der Waals surface area contributed by atoms with E-state index in [9.17, 15) is 0 Å². The van der Waals surface area contributed by atoms with Gasteiger partial charge in [0.1, 0.15) is 0 Å². The molecule has 0 aliphatic rings. The maximum absolute atomic E-state index is 5.49. The summed E-state index contributed by atoms with van der Waals surface area (Å²) in [5.74, 6) is 0. The van der Waals surface area contributed by atoms with Gasteiger partial charge in [0.2, 0.25) is 0 Å². The molecule has 0 amide bonds. The van der Waals surface area contributed by atoms with Crippen LogP contribution < -0.4 is 17.0 Å². The largest absolute Gasteiger partial charge is 2.00 e. The molecule has 0 N–H and O–H groups in total. The van der Waals surface area contributed by atoms with Gasteiger partial charge in [0, 0.05) is 4.84 Å². The summed E-state index contributed by atoms with van der Waals surface area (Å²) in [7, 11) is 0. The van der Waals surface area contributed by atoms with Gasteiger partial charge in [-0.2, -0.15) is 40.9 Å². The van der Waals surface area contributed by atoms with E-state index < -0.39 is 0 Å². The molecule has 1 aromatic carbocycles. The van der Waals surface area contributed by atoms with Gasteiger partial charge in [-0.1, -0.05) is 6.07 Å². The van der Waals surface area contributed by atoms with E-state index in [4.69, 9.17) is 23.2 Å². The van der Waals surface area contributed by atoms with Crippen LogP contribution in [0.1, 0.15) is 5.56 Å². The Morgan fingerprint density at radius 1 is 1.00 bits per heavy atom. The molecule has 0 aliphatic carbocycles. The van der Waals surface area contributed by atoms with Crippen LogP contribution in [0.4, 0.5) is 0 Å². The molecule has 0 saturated heterocycles. The number of halogens is 3. The van der Waals surface area contributed by atoms with Crippen LogP contribution >= 0.6 is 23.2 Å². The van der Waals surface area contributed by atoms with Gasteiger partial charge in [-0.3, -0.25) is 0 Å². The minimum Gasteiger partial charge on any atom is -1.00 e. The first-order chi connectivity index (χ1) is 4.30. The van der Waals surface area contributed by atoms with Crippen molar-refractivity contribution < 1.29 is 36.5 Å². The number of benzene rings is 1. The Morgan fingerprint density at radius 3 is 1.73 bits per heavy atom. The minimum atomic E-state index is 0. The first-order valence-electron chi connectivity index (χ1n) is 2.54. The van der Waals surface area contributed by atoms with E-state index in [2.05, 4.69) is 0 Å². The summed E-state index contributed by atoms with van der Waals surface area (Å²) in [5.41, 5.74) is 0.862. The second-order valence-electron chi connectivity index (χ2n) is 1.63. The average Bonchev–Trinajstić information content (AvgIpc) is 1.90. The molecule has 0 aromatic heterocycles. The van der Waals surface area contributed by atoms with E-state index in [1.54, 1.807) is 0 Å². The summed E-state index contributed by atoms with van der Waals surface area (Å²) < 4.78 is 0. The Bertz CT molecular complexity index is 179. The number of hydrogen-bond donors (Lipinski definition) is 0. The van der Waals surface area contributed by atoms with E-state index >= 15 is 0 Å². The van der Waals surface area contributed by atoms with Gasteiger partial charge >= 0.3 is 19.5 Å². The van der Waals surface area contributed by atoms with Crippen LogP contribution in [0.25, 0.3) is 0 Å². The Kier molecular flexibility index (Phi) is 9.66. The SMILES string of the molecule is Cl[C-](Cl)c1ccccc1.[Br-].[Zn+2]. The van der Waals surface area contributed by atoms with Crippen molar-refractivity contribution in [3.63, 3.8) is 0 Å². The fourth-order valence-corrected chi connectivity index (χ4v) is 0.816. The van der Waals surface area contributed by atoms with Crippen LogP contribution in [-0.2, 0) is 19.5 Å². The normalized spacial score (nSPS) is 7.45. The molecule has 56 valence electrons. The molecule has 1 rings (SSSR count). The van der Waals surface area contributed by atoms with E-state index in [0.29, 0.717) is 4.84 Å². The van der Waals surface area contributed by atoms with Crippen LogP contribution in [0.15, 0.2) is 30.3 Å². The second kappa shape index (κ2) is 7.42. The van der Waals surface area contributed by atoms with Crippen molar-refractivity contribution in [2.45, 2.75) is 0 Å². The predicted molar refractivity (Wildman–Crippen MR) is 40.5 cm³/mol. The van der Waals surface area contributed by atoms with Gasteiger partial charge in [-0.05, 0) is 0 Å². The third-order valence-electron chi connectivity index (χ3n) is 0.992. The molecule has 1 aromatic rings. The first kappa shape index (κ1) is 14.3. The first-order valence-corrected chi connectivity index (χ1v) is 3.29. The van der Waals surface area contributed by atoms with Gasteiger partial charge in [0.05, 0.1) is 0 Å². The van der Waals surface area contributed by atoms with Crippen molar-refractivity contribution in [2.75, 3.05) is 0 Å². The molecule has 0 atom stereocenters. The number of rotatable bonds is 1. The number of hydrogen-bond acceptors (Lipinski definition) is 0. The van der Waals surface area contributed by atoms with Crippen molar-refractivity contribution in [1.29, 1.82) is 0 Å². The molecule has 0 spiro atoms. The quantitative estimate of drug-likeness (QED) is 0.506. The van der Waals surface area contributed by atoms with Crippen molar-refractivity contribution in [2.24, 2.45) is 0 Å². The van der Waals surface area contributed by atoms with Gasteiger partial charge in [0.15, 0.2) is 0 Å². The van der Waals surface area contributed by atoms with E-state index in [1.807, 2.05) is 30.3 Å². The molecule has 0 saturated carbocycles. The van der Waals surface area contributed by atoms with Gasteiger partial charge in [-0.25, -0.2) is 0 Å². The van der Waals surface area contributed by atoms with Crippen LogP contribution in [0.3, 0.4) is 0 Å². The van der Waals surface area contributed by atoms with E-state index in [-0.39, 0.29) is 36.5 Å². The standard InChI is InChI=1S/C7H5Cl2.BrH.Zn/c8-7(9)6-4-2-1-3-5-6;;/h1-5H;1H;/q-1;;+2/p-1. The summed E-state index contributed by atoms with van der Waals surface area (Å²) in [4.78, 5) is 0.315. The topological polar surface area (TPSA) is 0 Å². The van der Waals surface area contributed by atoms with Crippen molar-refractivity contribution in [3.05, 3.63) is 40.7 Å². The summed E-state index contributed by atoms with van der Waals surface area (Å²) >= 11 is 11.0. The molecule has 0 radical (unpaired) electrons. The van der Waals surface area contributed by atoms with Crippen LogP contribution in [0, 0.1) is 4.84 Å². The van der Waals surface area contributed by atoms with Gasteiger partial charge in [-0.15, -0.1) is 12.1 Å². The Balaban J connectivity index is 0. The fourth-order valence-electron chi connectivity index (χ4n) is 0.564. The maximum atomic E-state index is 5.49. The van der Waals surface area contributed by atoms with Crippen molar-refractivity contribution in [1.82, 2.24) is 0 Å². The van der Waals surface area contributed by atoms with Gasteiger partial charge < -0.3 is 17.0 Å². The van der Waals surface area contributed by atoms with Crippen LogP contribution in [0.5, 0.6) is 0 Å². The monoisotopic (exact) mass is 302 g/mol. The van der Waals surface area contributed by atoms with Crippen LogP contribution in [0.2, 0.25) is 0 Å². The zero-order valence-corrected chi connectivity index (χ0v) is 11.8. The van der Waals surface area contributed by atoms with Crippen molar-refractivity contribution >= 4 is 23.2 Å². The molecule has 0 aliphatic heterocycles. The molecule has 0 fully saturated rings. The Labute approximate surface area is 99.8 Å². The second-order valence-corrected chi connectivity index (χ2v) is 2.58. The summed E-state index contributed by atoms with van der Waals surface area (Å²) in [6, 6.07) is 9.41. The molecule has 0 nitrogen and oxygen atoms in total. The molecule has 0 unspecified atom stereocenters. The van der Waals surface area contributed by atoms with Crippen molar-refractivity contribution in [3.8, 4) is 0 Å². The Morgan fingerprint density at radius 2 is 1.45 bits per heavy atom. The smallest absolute Gasteiger partial charge is 1.00 e. The van der Waals surface area contributed by atoms with Crippen LogP contribution in [-0.4, -0.2) is 0 Å². The van der Waals surface area contributed by atoms with E-state index in [1.165, 1.54) is 0 Å². The minimum absolute atomic E-state index is 0. The van der Waals surface area contributed by atoms with Gasteiger partial charge in [0.25, 0.3) is 0 Å². The molecule has 0 bridgehead atoms. The fraction of sp³-hybridized carbons (Fsp3) is 0. The average molecular weight is 305 g/mol. The predicted octanol–water partition coefficient (Wildman–Crippen LogP) is 0.00329. The molecule has 11 heavy (non-hydrogen) atoms. The molecule has 0 heterocycles. The zero-order chi connectivity index (χ0) is 6.69. The van der Waals surface area contributed by atoms with E-state index in [0.717, 1.165) is 5.56 Å². The molecular formula is C7H5BrCl2Zn. The third-order valence-corrected chi connectivity index (χ3v) is 1.43. The Hall–Kier alpha value is 0.773. The summed E-state index contributed by atoms with van der Waals surface area (Å²) in [5, 5.41) is 0. The molecule has 4 heteroatoms. The molecular weight excluding hydrogens is 300 g/mol. The third kappa shape index (κ3) is 5.08.